The lowest BCUT2D eigenvalue weighted by molar-refractivity contribution is 0.577. The lowest BCUT2D eigenvalue weighted by atomic mass is 10.1. The van der Waals surface area contributed by atoms with Crippen LogP contribution in [0, 0.1) is 0 Å². The molecule has 1 N–H and O–H groups in total. The molecule has 0 fully saturated rings. The van der Waals surface area contributed by atoms with Gasteiger partial charge in [-0.25, -0.2) is 13.1 Å². The van der Waals surface area contributed by atoms with Gasteiger partial charge >= 0.3 is 0 Å². The van der Waals surface area contributed by atoms with Crippen molar-refractivity contribution >= 4 is 10.0 Å². The van der Waals surface area contributed by atoms with Crippen LogP contribution in [0.1, 0.15) is 17.7 Å². The number of pyridine rings is 1. The van der Waals surface area contributed by atoms with Gasteiger partial charge in [-0.05, 0) is 30.5 Å². The summed E-state index contributed by atoms with van der Waals surface area (Å²) in [6.45, 7) is 0.245. The number of hydrogen-bond donors (Lipinski definition) is 1. The Morgan fingerprint density at radius 1 is 1.00 bits per heavy atom. The van der Waals surface area contributed by atoms with Gasteiger partial charge in [0.25, 0.3) is 0 Å². The Kier molecular flexibility index (Phi) is 5.26. The van der Waals surface area contributed by atoms with Crippen molar-refractivity contribution in [1.82, 2.24) is 9.71 Å². The topological polar surface area (TPSA) is 59.1 Å². The van der Waals surface area contributed by atoms with Crippen LogP contribution in [0.4, 0.5) is 0 Å². The molecule has 20 heavy (non-hydrogen) atoms. The fourth-order valence-corrected chi connectivity index (χ4v) is 2.91. The molecular formula is C15H18N2O2S. The average molecular weight is 290 g/mol. The molecule has 1 aromatic carbocycles. The summed E-state index contributed by atoms with van der Waals surface area (Å²) in [6.07, 6.45) is 3.03. The molecule has 0 spiro atoms. The number of aryl methyl sites for hydroxylation is 1. The quantitative estimate of drug-likeness (QED) is 0.850. The van der Waals surface area contributed by atoms with Gasteiger partial charge in [0.15, 0.2) is 0 Å². The van der Waals surface area contributed by atoms with Crippen LogP contribution < -0.4 is 4.72 Å². The second-order valence-electron chi connectivity index (χ2n) is 4.55. The predicted molar refractivity (Wildman–Crippen MR) is 79.6 cm³/mol. The number of sulfonamides is 1. The maximum Gasteiger partial charge on any atom is 0.211 e. The summed E-state index contributed by atoms with van der Waals surface area (Å²) in [4.78, 5) is 4.08. The normalized spacial score (nSPS) is 11.4. The second-order valence-corrected chi connectivity index (χ2v) is 6.48. The van der Waals surface area contributed by atoms with E-state index in [4.69, 9.17) is 0 Å². The molecule has 0 amide bonds. The maximum atomic E-state index is 11.9. The van der Waals surface area contributed by atoms with Gasteiger partial charge in [0.05, 0.1) is 18.0 Å². The summed E-state index contributed by atoms with van der Waals surface area (Å²) in [7, 11) is -3.24. The lowest BCUT2D eigenvalue weighted by Crippen LogP contribution is -2.26. The van der Waals surface area contributed by atoms with E-state index in [1.807, 2.05) is 36.4 Å². The van der Waals surface area contributed by atoms with Crippen molar-refractivity contribution in [1.29, 1.82) is 0 Å². The number of rotatable bonds is 7. The number of benzene rings is 1. The van der Waals surface area contributed by atoms with Crippen molar-refractivity contribution in [3.63, 3.8) is 0 Å². The minimum Gasteiger partial charge on any atom is -0.260 e. The summed E-state index contributed by atoms with van der Waals surface area (Å²) >= 11 is 0. The van der Waals surface area contributed by atoms with Gasteiger partial charge in [-0.3, -0.25) is 4.98 Å². The van der Waals surface area contributed by atoms with E-state index in [-0.39, 0.29) is 12.3 Å². The Morgan fingerprint density at radius 2 is 1.75 bits per heavy atom. The first kappa shape index (κ1) is 14.7. The molecule has 0 radical (unpaired) electrons. The average Bonchev–Trinajstić information content (AvgIpc) is 2.47. The van der Waals surface area contributed by atoms with Gasteiger partial charge in [0.1, 0.15) is 0 Å². The SMILES string of the molecule is O=S(=O)(CCCc1ccccc1)NCc1ccccn1. The Bertz CT molecular complexity index is 613. The van der Waals surface area contributed by atoms with Crippen molar-refractivity contribution in [2.75, 3.05) is 5.75 Å². The van der Waals surface area contributed by atoms with Crippen LogP contribution in [0.25, 0.3) is 0 Å². The van der Waals surface area contributed by atoms with Gasteiger partial charge in [-0.15, -0.1) is 0 Å². The van der Waals surface area contributed by atoms with Crippen LogP contribution in [0.3, 0.4) is 0 Å². The molecule has 2 aromatic rings. The van der Waals surface area contributed by atoms with E-state index < -0.39 is 10.0 Å². The molecule has 0 bridgehead atoms. The van der Waals surface area contributed by atoms with E-state index in [1.54, 1.807) is 18.3 Å². The third-order valence-electron chi connectivity index (χ3n) is 2.92. The van der Waals surface area contributed by atoms with Crippen LogP contribution in [0.2, 0.25) is 0 Å². The number of hydrogen-bond acceptors (Lipinski definition) is 3. The van der Waals surface area contributed by atoms with Crippen molar-refractivity contribution in [2.45, 2.75) is 19.4 Å². The zero-order valence-corrected chi connectivity index (χ0v) is 12.0. The fourth-order valence-electron chi connectivity index (χ4n) is 1.87. The third kappa shape index (κ3) is 5.11. The lowest BCUT2D eigenvalue weighted by Gasteiger charge is -2.06. The highest BCUT2D eigenvalue weighted by atomic mass is 32.2. The Labute approximate surface area is 119 Å². The van der Waals surface area contributed by atoms with Crippen molar-refractivity contribution in [2.24, 2.45) is 0 Å². The van der Waals surface area contributed by atoms with Gasteiger partial charge in [0.2, 0.25) is 10.0 Å². The summed E-state index contributed by atoms with van der Waals surface area (Å²) in [5.41, 5.74) is 1.88. The minimum absolute atomic E-state index is 0.134. The predicted octanol–water partition coefficient (Wildman–Crippen LogP) is 2.13. The standard InChI is InChI=1S/C15H18N2O2S/c18-20(19,17-13-15-10-4-5-11-16-15)12-6-9-14-7-2-1-3-8-14/h1-5,7-8,10-11,17H,6,9,12-13H2. The van der Waals surface area contributed by atoms with Crippen molar-refractivity contribution in [3.8, 4) is 0 Å². The molecule has 4 nitrogen and oxygen atoms in total. The first-order valence-electron chi connectivity index (χ1n) is 6.57. The molecule has 0 atom stereocenters. The molecule has 0 saturated heterocycles. The maximum absolute atomic E-state index is 11.9. The molecule has 0 unspecified atom stereocenters. The van der Waals surface area contributed by atoms with Crippen molar-refractivity contribution < 1.29 is 8.42 Å². The van der Waals surface area contributed by atoms with E-state index in [0.717, 1.165) is 17.7 Å². The van der Waals surface area contributed by atoms with Gasteiger partial charge in [-0.2, -0.15) is 0 Å². The van der Waals surface area contributed by atoms with Gasteiger partial charge in [-0.1, -0.05) is 36.4 Å². The molecular weight excluding hydrogens is 272 g/mol. The van der Waals surface area contributed by atoms with E-state index in [0.29, 0.717) is 6.42 Å². The van der Waals surface area contributed by atoms with Crippen LogP contribution in [0.5, 0.6) is 0 Å². The molecule has 0 saturated carbocycles. The zero-order chi connectivity index (χ0) is 14.3. The minimum atomic E-state index is -3.24. The molecule has 0 aliphatic carbocycles. The fraction of sp³-hybridized carbons (Fsp3) is 0.267. The third-order valence-corrected chi connectivity index (χ3v) is 4.33. The molecule has 5 heteroatoms. The van der Waals surface area contributed by atoms with E-state index in [2.05, 4.69) is 9.71 Å². The molecule has 106 valence electrons. The van der Waals surface area contributed by atoms with Crippen LogP contribution in [-0.4, -0.2) is 19.2 Å². The molecule has 0 aliphatic rings. The number of nitrogens with zero attached hydrogens (tertiary/aromatic N) is 1. The van der Waals surface area contributed by atoms with Crippen molar-refractivity contribution in [3.05, 3.63) is 66.0 Å². The van der Waals surface area contributed by atoms with Crippen LogP contribution >= 0.6 is 0 Å². The summed E-state index contributed by atoms with van der Waals surface area (Å²) < 4.78 is 26.3. The molecule has 0 aliphatic heterocycles. The monoisotopic (exact) mass is 290 g/mol. The van der Waals surface area contributed by atoms with Crippen LogP contribution in [-0.2, 0) is 23.0 Å². The van der Waals surface area contributed by atoms with Gasteiger partial charge in [0, 0.05) is 6.20 Å². The molecule has 2 rings (SSSR count). The van der Waals surface area contributed by atoms with Crippen LogP contribution in [0.15, 0.2) is 54.7 Å². The smallest absolute Gasteiger partial charge is 0.211 e. The molecule has 1 heterocycles. The number of aromatic nitrogens is 1. The highest BCUT2D eigenvalue weighted by Crippen LogP contribution is 2.04. The summed E-state index contributed by atoms with van der Waals surface area (Å²) in [5.74, 6) is 0.134. The van der Waals surface area contributed by atoms with E-state index >= 15 is 0 Å². The van der Waals surface area contributed by atoms with Gasteiger partial charge < -0.3 is 0 Å². The highest BCUT2D eigenvalue weighted by Gasteiger charge is 2.09. The first-order valence-corrected chi connectivity index (χ1v) is 8.22. The Morgan fingerprint density at radius 3 is 2.45 bits per heavy atom. The summed E-state index contributed by atoms with van der Waals surface area (Å²) in [6, 6.07) is 15.3. The van der Waals surface area contributed by atoms with E-state index in [1.165, 1.54) is 0 Å². The zero-order valence-electron chi connectivity index (χ0n) is 11.2. The second kappa shape index (κ2) is 7.17. The Balaban J connectivity index is 1.77. The Hall–Kier alpha value is -1.72. The highest BCUT2D eigenvalue weighted by molar-refractivity contribution is 7.89. The van der Waals surface area contributed by atoms with E-state index in [9.17, 15) is 8.42 Å². The largest absolute Gasteiger partial charge is 0.260 e. The molecule has 1 aromatic heterocycles. The first-order chi connectivity index (χ1) is 9.66. The summed E-state index contributed by atoms with van der Waals surface area (Å²) in [5, 5.41) is 0. The number of nitrogens with one attached hydrogen (secondary N) is 1.